The second kappa shape index (κ2) is 9.59. The highest BCUT2D eigenvalue weighted by Crippen LogP contribution is 2.29. The highest BCUT2D eigenvalue weighted by molar-refractivity contribution is 5.80. The number of nitrogens with zero attached hydrogens (tertiary/aromatic N) is 6. The van der Waals surface area contributed by atoms with Crippen LogP contribution in [0.25, 0.3) is 28.1 Å². The number of hydrogen-bond acceptors (Lipinski definition) is 6. The van der Waals surface area contributed by atoms with E-state index in [1.807, 2.05) is 39.8 Å². The minimum Gasteiger partial charge on any atom is -0.444 e. The first-order valence-electron chi connectivity index (χ1n) is 12.3. The maximum absolute atomic E-state index is 15.5. The lowest BCUT2D eigenvalue weighted by molar-refractivity contribution is 0.0306. The maximum atomic E-state index is 15.5. The Balaban J connectivity index is 1.46. The molecular formula is C28H28F2N6O2. The topological polar surface area (TPSA) is 86.0 Å². The summed E-state index contributed by atoms with van der Waals surface area (Å²) in [6.07, 6.45) is 4.13. The Morgan fingerprint density at radius 3 is 2.55 bits per heavy atom. The second-order valence-corrected chi connectivity index (χ2v) is 10.3. The fourth-order valence-electron chi connectivity index (χ4n) is 4.45. The van der Waals surface area contributed by atoms with E-state index < -0.39 is 23.3 Å². The van der Waals surface area contributed by atoms with E-state index in [9.17, 15) is 9.18 Å². The predicted octanol–water partition coefficient (Wildman–Crippen LogP) is 5.47. The number of hydrogen-bond donors (Lipinski definition) is 0. The van der Waals surface area contributed by atoms with Gasteiger partial charge in [0.1, 0.15) is 34.4 Å². The third-order valence-electron chi connectivity index (χ3n) is 6.17. The summed E-state index contributed by atoms with van der Waals surface area (Å²) < 4.78 is 36.7. The summed E-state index contributed by atoms with van der Waals surface area (Å²) >= 11 is 0. The van der Waals surface area contributed by atoms with Crippen LogP contribution < -0.4 is 0 Å². The van der Waals surface area contributed by atoms with Crippen LogP contribution in [0.1, 0.15) is 43.4 Å². The number of pyridine rings is 1. The smallest absolute Gasteiger partial charge is 0.410 e. The van der Waals surface area contributed by atoms with Crippen molar-refractivity contribution in [1.29, 1.82) is 0 Å². The first-order valence-corrected chi connectivity index (χ1v) is 12.3. The Bertz CT molecular complexity index is 1590. The summed E-state index contributed by atoms with van der Waals surface area (Å²) in [5, 5.41) is 0. The first kappa shape index (κ1) is 25.4. The zero-order valence-corrected chi connectivity index (χ0v) is 21.9. The number of halogens is 2. The van der Waals surface area contributed by atoms with Gasteiger partial charge < -0.3 is 14.2 Å². The molecule has 5 rings (SSSR count). The predicted molar refractivity (Wildman–Crippen MR) is 139 cm³/mol. The summed E-state index contributed by atoms with van der Waals surface area (Å²) in [6.45, 7) is 9.91. The van der Waals surface area contributed by atoms with Gasteiger partial charge in [0.25, 0.3) is 0 Å². The van der Waals surface area contributed by atoms with Crippen molar-refractivity contribution in [3.63, 3.8) is 0 Å². The molecule has 0 radical (unpaired) electrons. The number of rotatable bonds is 4. The lowest BCUT2D eigenvalue weighted by atomic mass is 10.0. The number of ether oxygens (including phenoxy) is 1. The van der Waals surface area contributed by atoms with Gasteiger partial charge in [0.2, 0.25) is 0 Å². The van der Waals surface area contributed by atoms with Gasteiger partial charge in [-0.25, -0.2) is 28.5 Å². The molecule has 1 aliphatic heterocycles. The molecule has 1 amide bonds. The third-order valence-corrected chi connectivity index (χ3v) is 6.17. The molecule has 1 aromatic carbocycles. The van der Waals surface area contributed by atoms with E-state index in [2.05, 4.69) is 19.9 Å². The van der Waals surface area contributed by atoms with Crippen LogP contribution >= 0.6 is 0 Å². The van der Waals surface area contributed by atoms with Gasteiger partial charge in [-0.05, 0) is 57.9 Å². The standard InChI is InChI=1S/C28H28F2N6O2/c1-16-24-26(33-17(2)32-16)36(25(34-24)21-10-22(29)13-31-12-21)15-20-7-6-18(11-23(20)30)19-8-9-35(14-19)27(37)38-28(3,4)5/h6-8,10-13H,9,14-15H2,1-5H3. The molecular weight excluding hydrogens is 490 g/mol. The van der Waals surface area contributed by atoms with Gasteiger partial charge >= 0.3 is 6.09 Å². The number of carbonyl (C=O) groups is 1. The molecule has 1 aliphatic rings. The maximum Gasteiger partial charge on any atom is 0.410 e. The number of aromatic nitrogens is 5. The van der Waals surface area contributed by atoms with Crippen LogP contribution in [0.5, 0.6) is 0 Å². The van der Waals surface area contributed by atoms with Crippen LogP contribution in [0.4, 0.5) is 13.6 Å². The Morgan fingerprint density at radius 2 is 1.84 bits per heavy atom. The SMILES string of the molecule is Cc1nc(C)c2nc(-c3cncc(F)c3)n(Cc3ccc(C4=CCN(C(=O)OC(C)(C)C)C4)cc3F)c2n1. The Morgan fingerprint density at radius 1 is 1.05 bits per heavy atom. The Kier molecular flexibility index (Phi) is 6.42. The van der Waals surface area contributed by atoms with Crippen LogP contribution in [0.2, 0.25) is 0 Å². The summed E-state index contributed by atoms with van der Waals surface area (Å²) in [5.74, 6) is 0.0660. The van der Waals surface area contributed by atoms with E-state index in [0.717, 1.165) is 11.8 Å². The fraction of sp³-hybridized carbons (Fsp3) is 0.321. The average molecular weight is 519 g/mol. The van der Waals surface area contributed by atoms with Crippen molar-refractivity contribution >= 4 is 22.8 Å². The van der Waals surface area contributed by atoms with E-state index in [1.165, 1.54) is 18.3 Å². The molecule has 10 heteroatoms. The van der Waals surface area contributed by atoms with E-state index in [1.54, 1.807) is 22.5 Å². The first-order chi connectivity index (χ1) is 18.0. The van der Waals surface area contributed by atoms with Gasteiger partial charge in [-0.3, -0.25) is 4.98 Å². The monoisotopic (exact) mass is 518 g/mol. The van der Waals surface area contributed by atoms with Crippen molar-refractivity contribution in [2.75, 3.05) is 13.1 Å². The van der Waals surface area contributed by atoms with Gasteiger partial charge in [0.05, 0.1) is 18.4 Å². The molecule has 0 saturated heterocycles. The number of aryl methyl sites for hydroxylation is 2. The number of fused-ring (bicyclic) bond motifs is 1. The van der Waals surface area contributed by atoms with Crippen LogP contribution in [-0.4, -0.2) is 54.2 Å². The third kappa shape index (κ3) is 5.11. The second-order valence-electron chi connectivity index (χ2n) is 10.3. The molecule has 8 nitrogen and oxygen atoms in total. The Hall–Kier alpha value is -4.21. The number of benzene rings is 1. The number of imidazole rings is 1. The molecule has 0 saturated carbocycles. The summed E-state index contributed by atoms with van der Waals surface area (Å²) in [7, 11) is 0. The van der Waals surface area contributed by atoms with Crippen molar-refractivity contribution in [1.82, 2.24) is 29.4 Å². The average Bonchev–Trinajstić information content (AvgIpc) is 3.45. The number of amides is 1. The van der Waals surface area contributed by atoms with Crippen LogP contribution in [0.3, 0.4) is 0 Å². The molecule has 0 bridgehead atoms. The lowest BCUT2D eigenvalue weighted by Crippen LogP contribution is -2.35. The largest absolute Gasteiger partial charge is 0.444 e. The van der Waals surface area contributed by atoms with Gasteiger partial charge in [0, 0.05) is 30.4 Å². The highest BCUT2D eigenvalue weighted by Gasteiger charge is 2.26. The highest BCUT2D eigenvalue weighted by atomic mass is 19.1. The van der Waals surface area contributed by atoms with E-state index in [0.29, 0.717) is 58.3 Å². The van der Waals surface area contributed by atoms with Crippen LogP contribution in [0, 0.1) is 25.5 Å². The van der Waals surface area contributed by atoms with Gasteiger partial charge in [0.15, 0.2) is 5.65 Å². The van der Waals surface area contributed by atoms with Gasteiger partial charge in [-0.2, -0.15) is 0 Å². The molecule has 4 aromatic rings. The van der Waals surface area contributed by atoms with Crippen LogP contribution in [-0.2, 0) is 11.3 Å². The van der Waals surface area contributed by atoms with Crippen LogP contribution in [0.15, 0.2) is 42.7 Å². The van der Waals surface area contributed by atoms with Crippen molar-refractivity contribution in [3.8, 4) is 11.4 Å². The normalized spacial score (nSPS) is 13.8. The molecule has 4 heterocycles. The molecule has 0 N–H and O–H groups in total. The van der Waals surface area contributed by atoms with Crippen molar-refractivity contribution in [2.45, 2.75) is 46.8 Å². The molecule has 3 aromatic heterocycles. The van der Waals surface area contributed by atoms with E-state index in [-0.39, 0.29) is 6.54 Å². The molecule has 196 valence electrons. The van der Waals surface area contributed by atoms with Crippen molar-refractivity contribution < 1.29 is 18.3 Å². The lowest BCUT2D eigenvalue weighted by Gasteiger charge is -2.24. The summed E-state index contributed by atoms with van der Waals surface area (Å²) in [4.78, 5) is 31.6. The quantitative estimate of drug-likeness (QED) is 0.356. The summed E-state index contributed by atoms with van der Waals surface area (Å²) in [5.41, 5.74) is 3.58. The molecule has 0 atom stereocenters. The zero-order valence-electron chi connectivity index (χ0n) is 21.9. The minimum atomic E-state index is -0.590. The van der Waals surface area contributed by atoms with Crippen molar-refractivity contribution in [2.24, 2.45) is 0 Å². The van der Waals surface area contributed by atoms with E-state index in [4.69, 9.17) is 4.74 Å². The van der Waals surface area contributed by atoms with Gasteiger partial charge in [-0.1, -0.05) is 18.2 Å². The number of carbonyl (C=O) groups excluding carboxylic acids is 1. The molecule has 0 unspecified atom stereocenters. The molecule has 38 heavy (non-hydrogen) atoms. The minimum absolute atomic E-state index is 0.118. The molecule has 0 aliphatic carbocycles. The Labute approximate surface area is 219 Å². The zero-order chi connectivity index (χ0) is 27.2. The summed E-state index contributed by atoms with van der Waals surface area (Å²) in [6, 6.07) is 6.34. The molecule has 0 spiro atoms. The fourth-order valence-corrected chi connectivity index (χ4v) is 4.45. The van der Waals surface area contributed by atoms with Gasteiger partial charge in [-0.15, -0.1) is 0 Å². The van der Waals surface area contributed by atoms with Crippen molar-refractivity contribution in [3.05, 3.63) is 77.0 Å². The molecule has 0 fully saturated rings. The van der Waals surface area contributed by atoms with E-state index >= 15 is 4.39 Å².